The lowest BCUT2D eigenvalue weighted by molar-refractivity contribution is 0.0627. The molecule has 1 fully saturated rings. The fourth-order valence-corrected chi connectivity index (χ4v) is 4.62. The predicted molar refractivity (Wildman–Crippen MR) is 109 cm³/mol. The standard InChI is InChI=1S/C21H24N4OS/c1-16-17(2)27-21(25-9-5-6-10-25)19(16)20(26)24-13-11-23(12-14-24)15-18-7-3-4-8-22-18/h3-10H,11-15H2,1-2H3. The van der Waals surface area contributed by atoms with Gasteiger partial charge in [0.2, 0.25) is 0 Å². The molecule has 1 aliphatic rings. The van der Waals surface area contributed by atoms with E-state index in [1.165, 1.54) is 4.88 Å². The lowest BCUT2D eigenvalue weighted by Gasteiger charge is -2.34. The van der Waals surface area contributed by atoms with Crippen LogP contribution in [0.25, 0.3) is 5.00 Å². The number of carbonyl (C=O) groups is 1. The second-order valence-electron chi connectivity index (χ2n) is 6.94. The second kappa shape index (κ2) is 7.66. The molecular weight excluding hydrogens is 356 g/mol. The summed E-state index contributed by atoms with van der Waals surface area (Å²) in [4.78, 5) is 23.3. The molecule has 0 unspecified atom stereocenters. The molecule has 5 nitrogen and oxygen atoms in total. The van der Waals surface area contributed by atoms with Crippen LogP contribution in [-0.2, 0) is 6.54 Å². The van der Waals surface area contributed by atoms with Crippen LogP contribution in [0.5, 0.6) is 0 Å². The van der Waals surface area contributed by atoms with Crippen LogP contribution in [0, 0.1) is 13.8 Å². The fourth-order valence-electron chi connectivity index (χ4n) is 3.50. The van der Waals surface area contributed by atoms with Gasteiger partial charge in [0.1, 0.15) is 5.00 Å². The van der Waals surface area contributed by atoms with Crippen LogP contribution in [0.1, 0.15) is 26.5 Å². The quantitative estimate of drug-likeness (QED) is 0.696. The van der Waals surface area contributed by atoms with Gasteiger partial charge in [-0.15, -0.1) is 11.3 Å². The zero-order valence-corrected chi connectivity index (χ0v) is 16.6. The highest BCUT2D eigenvalue weighted by atomic mass is 32.1. The summed E-state index contributed by atoms with van der Waals surface area (Å²) in [6.45, 7) is 8.26. The van der Waals surface area contributed by atoms with Gasteiger partial charge in [-0.05, 0) is 43.7 Å². The first kappa shape index (κ1) is 17.9. The first-order chi connectivity index (χ1) is 13.1. The minimum absolute atomic E-state index is 0.151. The van der Waals surface area contributed by atoms with Crippen molar-refractivity contribution in [3.63, 3.8) is 0 Å². The second-order valence-corrected chi connectivity index (χ2v) is 8.15. The Labute approximate surface area is 163 Å². The molecule has 140 valence electrons. The molecule has 0 aromatic carbocycles. The Morgan fingerprint density at radius 2 is 1.81 bits per heavy atom. The van der Waals surface area contributed by atoms with Crippen molar-refractivity contribution in [2.24, 2.45) is 0 Å². The Morgan fingerprint density at radius 3 is 2.48 bits per heavy atom. The van der Waals surface area contributed by atoms with Crippen LogP contribution in [0.4, 0.5) is 0 Å². The molecule has 0 saturated carbocycles. The summed E-state index contributed by atoms with van der Waals surface area (Å²) in [6, 6.07) is 10.0. The summed E-state index contributed by atoms with van der Waals surface area (Å²) in [5.41, 5.74) is 3.04. The number of aromatic nitrogens is 2. The summed E-state index contributed by atoms with van der Waals surface area (Å²) in [5, 5.41) is 1.02. The SMILES string of the molecule is Cc1sc(-n2cccc2)c(C(=O)N2CCN(Cc3ccccn3)CC2)c1C. The molecule has 0 spiro atoms. The lowest BCUT2D eigenvalue weighted by Crippen LogP contribution is -2.48. The van der Waals surface area contributed by atoms with Gasteiger partial charge in [0.05, 0.1) is 11.3 Å². The number of thiophene rings is 1. The number of pyridine rings is 1. The molecule has 1 aliphatic heterocycles. The Kier molecular flexibility index (Phi) is 5.09. The van der Waals surface area contributed by atoms with Crippen molar-refractivity contribution >= 4 is 17.2 Å². The molecule has 0 radical (unpaired) electrons. The van der Waals surface area contributed by atoms with Crippen molar-refractivity contribution in [3.05, 3.63) is 70.6 Å². The van der Waals surface area contributed by atoms with E-state index < -0.39 is 0 Å². The molecule has 3 aromatic heterocycles. The third-order valence-corrected chi connectivity index (χ3v) is 6.41. The van der Waals surface area contributed by atoms with Crippen molar-refractivity contribution < 1.29 is 4.79 Å². The van der Waals surface area contributed by atoms with E-state index in [1.807, 2.05) is 47.8 Å². The van der Waals surface area contributed by atoms with Gasteiger partial charge < -0.3 is 9.47 Å². The smallest absolute Gasteiger partial charge is 0.257 e. The number of hydrogen-bond acceptors (Lipinski definition) is 4. The van der Waals surface area contributed by atoms with Crippen molar-refractivity contribution in [2.45, 2.75) is 20.4 Å². The predicted octanol–water partition coefficient (Wildman–Crippen LogP) is 3.51. The number of hydrogen-bond donors (Lipinski definition) is 0. The number of rotatable bonds is 4. The van der Waals surface area contributed by atoms with Gasteiger partial charge in [-0.1, -0.05) is 6.07 Å². The third-order valence-electron chi connectivity index (χ3n) is 5.19. The molecule has 1 saturated heterocycles. The van der Waals surface area contributed by atoms with Gasteiger partial charge in [-0.25, -0.2) is 0 Å². The Morgan fingerprint density at radius 1 is 1.07 bits per heavy atom. The Balaban J connectivity index is 1.47. The number of piperazine rings is 1. The van der Waals surface area contributed by atoms with E-state index in [1.54, 1.807) is 11.3 Å². The summed E-state index contributed by atoms with van der Waals surface area (Å²) in [5.74, 6) is 0.151. The van der Waals surface area contributed by atoms with Crippen LogP contribution in [0.3, 0.4) is 0 Å². The fraction of sp³-hybridized carbons (Fsp3) is 0.333. The minimum atomic E-state index is 0.151. The molecule has 4 rings (SSSR count). The maximum atomic E-state index is 13.3. The highest BCUT2D eigenvalue weighted by molar-refractivity contribution is 7.15. The maximum absolute atomic E-state index is 13.3. The Hall–Kier alpha value is -2.44. The normalized spacial score (nSPS) is 15.3. The van der Waals surface area contributed by atoms with E-state index in [-0.39, 0.29) is 5.91 Å². The van der Waals surface area contributed by atoms with Crippen molar-refractivity contribution in [1.82, 2.24) is 19.4 Å². The number of aryl methyl sites for hydroxylation is 1. The summed E-state index contributed by atoms with van der Waals surface area (Å²) < 4.78 is 2.05. The summed E-state index contributed by atoms with van der Waals surface area (Å²) >= 11 is 1.69. The van der Waals surface area contributed by atoms with Gasteiger partial charge in [0.15, 0.2) is 0 Å². The van der Waals surface area contributed by atoms with Crippen LogP contribution in [0.2, 0.25) is 0 Å². The van der Waals surface area contributed by atoms with Gasteiger partial charge in [0, 0.05) is 56.2 Å². The van der Waals surface area contributed by atoms with Gasteiger partial charge in [-0.2, -0.15) is 0 Å². The largest absolute Gasteiger partial charge is 0.336 e. The molecule has 0 bridgehead atoms. The van der Waals surface area contributed by atoms with E-state index in [0.717, 1.165) is 54.5 Å². The Bertz CT molecular complexity index is 909. The molecule has 1 amide bonds. The number of nitrogens with zero attached hydrogens (tertiary/aromatic N) is 4. The zero-order valence-electron chi connectivity index (χ0n) is 15.8. The maximum Gasteiger partial charge on any atom is 0.257 e. The van der Waals surface area contributed by atoms with E-state index in [2.05, 4.69) is 34.4 Å². The van der Waals surface area contributed by atoms with Crippen LogP contribution < -0.4 is 0 Å². The van der Waals surface area contributed by atoms with Gasteiger partial charge in [0.25, 0.3) is 5.91 Å². The molecule has 0 N–H and O–H groups in total. The van der Waals surface area contributed by atoms with Crippen LogP contribution in [0.15, 0.2) is 48.9 Å². The van der Waals surface area contributed by atoms with E-state index in [4.69, 9.17) is 0 Å². The number of amides is 1. The molecule has 27 heavy (non-hydrogen) atoms. The highest BCUT2D eigenvalue weighted by Crippen LogP contribution is 2.32. The van der Waals surface area contributed by atoms with Crippen LogP contribution in [-0.4, -0.2) is 51.4 Å². The van der Waals surface area contributed by atoms with E-state index in [0.29, 0.717) is 0 Å². The minimum Gasteiger partial charge on any atom is -0.336 e. The van der Waals surface area contributed by atoms with Crippen molar-refractivity contribution in [1.29, 1.82) is 0 Å². The van der Waals surface area contributed by atoms with Gasteiger partial charge >= 0.3 is 0 Å². The van der Waals surface area contributed by atoms with Crippen LogP contribution >= 0.6 is 11.3 Å². The topological polar surface area (TPSA) is 41.4 Å². The lowest BCUT2D eigenvalue weighted by atomic mass is 10.1. The first-order valence-electron chi connectivity index (χ1n) is 9.28. The number of carbonyl (C=O) groups excluding carboxylic acids is 1. The van der Waals surface area contributed by atoms with E-state index >= 15 is 0 Å². The molecule has 0 atom stereocenters. The van der Waals surface area contributed by atoms with E-state index in [9.17, 15) is 4.79 Å². The van der Waals surface area contributed by atoms with Crippen molar-refractivity contribution in [3.8, 4) is 5.00 Å². The molecule has 3 aromatic rings. The molecule has 0 aliphatic carbocycles. The average Bonchev–Trinajstić information content (AvgIpc) is 3.32. The average molecular weight is 381 g/mol. The highest BCUT2D eigenvalue weighted by Gasteiger charge is 2.27. The third kappa shape index (κ3) is 3.68. The summed E-state index contributed by atoms with van der Waals surface area (Å²) in [6.07, 6.45) is 5.85. The molecular formula is C21H24N4OS. The summed E-state index contributed by atoms with van der Waals surface area (Å²) in [7, 11) is 0. The monoisotopic (exact) mass is 380 g/mol. The zero-order chi connectivity index (χ0) is 18.8. The first-order valence-corrected chi connectivity index (χ1v) is 10.1. The van der Waals surface area contributed by atoms with Crippen molar-refractivity contribution in [2.75, 3.05) is 26.2 Å². The molecule has 6 heteroatoms. The molecule has 4 heterocycles. The van der Waals surface area contributed by atoms with Gasteiger partial charge in [-0.3, -0.25) is 14.7 Å².